The van der Waals surface area contributed by atoms with Gasteiger partial charge in [-0.2, -0.15) is 0 Å². The molecule has 0 aliphatic rings. The van der Waals surface area contributed by atoms with E-state index in [1.165, 1.54) is 6.08 Å². The van der Waals surface area contributed by atoms with Gasteiger partial charge in [0.05, 0.1) is 18.3 Å². The Hall–Kier alpha value is -1.55. The fourth-order valence-electron chi connectivity index (χ4n) is 1.28. The Balaban J connectivity index is 0. The highest BCUT2D eigenvalue weighted by Crippen LogP contribution is 2.05. The van der Waals surface area contributed by atoms with E-state index in [1.807, 2.05) is 0 Å². The molecular weight excluding hydrogens is 307 g/mol. The lowest BCUT2D eigenvalue weighted by Gasteiger charge is -2.09. The first kappa shape index (κ1) is 23.7. The second-order valence-corrected chi connectivity index (χ2v) is 4.78. The van der Waals surface area contributed by atoms with Crippen LogP contribution in [0.3, 0.4) is 0 Å². The van der Waals surface area contributed by atoms with Crippen molar-refractivity contribution in [2.75, 3.05) is 26.8 Å². The van der Waals surface area contributed by atoms with Crippen molar-refractivity contribution in [3.05, 3.63) is 11.9 Å². The number of nitrogens with one attached hydrogen (secondary N) is 1. The second kappa shape index (κ2) is 15.3. The molecule has 0 spiro atoms. The molecule has 0 aromatic heterocycles. The number of halogens is 1. The fraction of sp³-hybridized carbons (Fsp3) is 0.714. The van der Waals surface area contributed by atoms with Crippen molar-refractivity contribution in [1.29, 1.82) is 0 Å². The number of aliphatic imine (C=N–C) groups is 1. The molecule has 0 amide bonds. The number of carbonyl (C=O) groups is 1. The van der Waals surface area contributed by atoms with Crippen molar-refractivity contribution in [3.63, 3.8) is 0 Å². The molecule has 0 aromatic rings. The third-order valence-electron chi connectivity index (χ3n) is 2.73. The highest BCUT2D eigenvalue weighted by atomic mass is 19.1. The van der Waals surface area contributed by atoms with Crippen molar-refractivity contribution in [2.24, 2.45) is 16.5 Å². The Morgan fingerprint density at radius 1 is 1.43 bits per heavy atom. The minimum Gasteiger partial charge on any atom is -0.480 e. The normalized spacial score (nSPS) is 14.7. The summed E-state index contributed by atoms with van der Waals surface area (Å²) in [6.07, 6.45) is 1.88. The molecule has 0 saturated carbocycles. The van der Waals surface area contributed by atoms with Crippen molar-refractivity contribution >= 4 is 11.8 Å². The zero-order valence-electron chi connectivity index (χ0n) is 13.7. The van der Waals surface area contributed by atoms with Crippen LogP contribution in [0.15, 0.2) is 16.9 Å². The van der Waals surface area contributed by atoms with Crippen LogP contribution >= 0.6 is 0 Å². The van der Waals surface area contributed by atoms with Crippen molar-refractivity contribution in [1.82, 2.24) is 5.32 Å². The van der Waals surface area contributed by atoms with E-state index in [9.17, 15) is 9.18 Å². The lowest BCUT2D eigenvalue weighted by molar-refractivity contribution is -0.138. The van der Waals surface area contributed by atoms with E-state index in [-0.39, 0.29) is 38.6 Å². The van der Waals surface area contributed by atoms with E-state index >= 15 is 0 Å². The number of hydrogen-bond donors (Lipinski definition) is 6. The first-order valence-electron chi connectivity index (χ1n) is 7.26. The fourth-order valence-corrected chi connectivity index (χ4v) is 1.28. The van der Waals surface area contributed by atoms with E-state index < -0.39 is 17.8 Å². The smallest absolute Gasteiger partial charge is 0.320 e. The number of rotatable bonds is 10. The van der Waals surface area contributed by atoms with Crippen LogP contribution in [0.4, 0.5) is 4.39 Å². The quantitative estimate of drug-likeness (QED) is 0.229. The van der Waals surface area contributed by atoms with Crippen molar-refractivity contribution < 1.29 is 24.5 Å². The molecule has 8 N–H and O–H groups in total. The molecule has 1 unspecified atom stereocenters. The summed E-state index contributed by atoms with van der Waals surface area (Å²) in [5, 5.41) is 28.1. The number of aliphatic hydroxyl groups is 2. The van der Waals surface area contributed by atoms with Gasteiger partial charge in [-0.1, -0.05) is 6.08 Å². The van der Waals surface area contributed by atoms with Crippen LogP contribution in [-0.2, 0) is 4.79 Å². The molecule has 0 rings (SSSR count). The van der Waals surface area contributed by atoms with Crippen molar-refractivity contribution in [3.8, 4) is 0 Å². The van der Waals surface area contributed by atoms with Gasteiger partial charge in [0.15, 0.2) is 0 Å². The molecule has 0 heterocycles. The van der Waals surface area contributed by atoms with E-state index in [1.54, 1.807) is 14.0 Å². The maximum absolute atomic E-state index is 13.0. The van der Waals surface area contributed by atoms with E-state index in [2.05, 4.69) is 10.3 Å². The predicted molar refractivity (Wildman–Crippen MR) is 87.8 cm³/mol. The number of carboxylic acids is 1. The molecular formula is C14H29FN4O4. The molecule has 0 radical (unpaired) electrons. The summed E-state index contributed by atoms with van der Waals surface area (Å²) in [6, 6.07) is -1.00. The second-order valence-electron chi connectivity index (χ2n) is 4.78. The van der Waals surface area contributed by atoms with Crippen LogP contribution < -0.4 is 16.8 Å². The number of amidine groups is 1. The van der Waals surface area contributed by atoms with Gasteiger partial charge in [-0.25, -0.2) is 4.39 Å². The van der Waals surface area contributed by atoms with Crippen LogP contribution in [-0.4, -0.2) is 66.0 Å². The third kappa shape index (κ3) is 16.6. The number of carboxylic acid groups (broad SMARTS) is 1. The first-order chi connectivity index (χ1) is 10.8. The molecule has 0 bridgehead atoms. The molecule has 0 aliphatic carbocycles. The van der Waals surface area contributed by atoms with Gasteiger partial charge < -0.3 is 32.1 Å². The summed E-state index contributed by atoms with van der Waals surface area (Å²) in [5.74, 6) is -1.17. The Morgan fingerprint density at radius 2 is 2.04 bits per heavy atom. The van der Waals surface area contributed by atoms with Crippen LogP contribution in [0.25, 0.3) is 0 Å². The molecule has 9 heteroatoms. The summed E-state index contributed by atoms with van der Waals surface area (Å²) in [6.45, 7) is 2.10. The Kier molecular flexibility index (Phi) is 15.8. The highest BCUT2D eigenvalue weighted by molar-refractivity contribution is 5.77. The maximum Gasteiger partial charge on any atom is 0.320 e. The largest absolute Gasteiger partial charge is 0.480 e. The molecule has 2 atom stereocenters. The SMILES string of the molecule is CC(N)=NCC/C(F)=C/CC(N)C(=O)O.CN[C@H](CO)CCO. The van der Waals surface area contributed by atoms with Crippen LogP contribution in [0.1, 0.15) is 26.2 Å². The minimum atomic E-state index is -1.14. The summed E-state index contributed by atoms with van der Waals surface area (Å²) in [5.41, 5.74) is 10.4. The van der Waals surface area contributed by atoms with Gasteiger partial charge >= 0.3 is 5.97 Å². The molecule has 23 heavy (non-hydrogen) atoms. The van der Waals surface area contributed by atoms with E-state index in [0.29, 0.717) is 12.3 Å². The average Bonchev–Trinajstić information content (AvgIpc) is 2.50. The number of aliphatic carboxylic acids is 1. The minimum absolute atomic E-state index is 0.0213. The van der Waals surface area contributed by atoms with Crippen LogP contribution in [0.2, 0.25) is 0 Å². The lowest BCUT2D eigenvalue weighted by atomic mass is 10.2. The number of nitrogens with zero attached hydrogens (tertiary/aromatic N) is 1. The Bertz CT molecular complexity index is 370. The zero-order chi connectivity index (χ0) is 18.3. The first-order valence-corrected chi connectivity index (χ1v) is 7.26. The summed E-state index contributed by atoms with van der Waals surface area (Å²) < 4.78 is 13.0. The lowest BCUT2D eigenvalue weighted by Crippen LogP contribution is -2.29. The molecule has 136 valence electrons. The van der Waals surface area contributed by atoms with Gasteiger partial charge in [-0.05, 0) is 26.8 Å². The van der Waals surface area contributed by atoms with Gasteiger partial charge in [-0.3, -0.25) is 9.79 Å². The molecule has 0 fully saturated rings. The monoisotopic (exact) mass is 336 g/mol. The van der Waals surface area contributed by atoms with Crippen molar-refractivity contribution in [2.45, 2.75) is 38.3 Å². The maximum atomic E-state index is 13.0. The summed E-state index contributed by atoms with van der Waals surface area (Å²) in [4.78, 5) is 14.1. The highest BCUT2D eigenvalue weighted by Gasteiger charge is 2.09. The van der Waals surface area contributed by atoms with Crippen LogP contribution in [0, 0.1) is 0 Å². The topological polar surface area (TPSA) is 154 Å². The van der Waals surface area contributed by atoms with Gasteiger partial charge in [0.1, 0.15) is 6.04 Å². The average molecular weight is 336 g/mol. The van der Waals surface area contributed by atoms with Gasteiger partial charge in [0, 0.05) is 25.6 Å². The Labute approximate surface area is 136 Å². The number of likely N-dealkylation sites (N-methyl/N-ethyl adjacent to an activating group) is 1. The van der Waals surface area contributed by atoms with Gasteiger partial charge in [0.25, 0.3) is 0 Å². The van der Waals surface area contributed by atoms with E-state index in [4.69, 9.17) is 26.8 Å². The summed E-state index contributed by atoms with van der Waals surface area (Å²) >= 11 is 0. The van der Waals surface area contributed by atoms with E-state index in [0.717, 1.165) is 0 Å². The third-order valence-corrected chi connectivity index (χ3v) is 2.73. The molecule has 0 aliphatic heterocycles. The number of hydrogen-bond acceptors (Lipinski definition) is 6. The molecule has 8 nitrogen and oxygen atoms in total. The van der Waals surface area contributed by atoms with Gasteiger partial charge in [0.2, 0.25) is 0 Å². The zero-order valence-corrected chi connectivity index (χ0v) is 13.7. The standard InChI is InChI=1S/C9H16FN3O2.C5H13NO2/c1-6(11)13-5-4-7(10)2-3-8(12)9(14)15;1-6-5(4-8)2-3-7/h2,8H,3-5,12H2,1H3,(H2,11,13)(H,14,15);5-8H,2-4H2,1H3/b7-2-;/t;5-/m.0/s1. The van der Waals surface area contributed by atoms with Gasteiger partial charge in [-0.15, -0.1) is 0 Å². The summed E-state index contributed by atoms with van der Waals surface area (Å²) in [7, 11) is 1.76. The Morgan fingerprint density at radius 3 is 2.39 bits per heavy atom. The molecule has 0 saturated heterocycles. The molecule has 0 aromatic carbocycles. The number of nitrogens with two attached hydrogens (primary N) is 2. The van der Waals surface area contributed by atoms with Crippen LogP contribution in [0.5, 0.6) is 0 Å². The number of aliphatic hydroxyl groups excluding tert-OH is 2. The predicted octanol–water partition coefficient (Wildman–Crippen LogP) is -0.642.